The van der Waals surface area contributed by atoms with Crippen molar-refractivity contribution in [2.45, 2.75) is 39.3 Å². The van der Waals surface area contributed by atoms with Crippen LogP contribution >= 0.6 is 0 Å². The van der Waals surface area contributed by atoms with Crippen LogP contribution in [0.1, 0.15) is 27.2 Å². The van der Waals surface area contributed by atoms with Crippen molar-refractivity contribution < 1.29 is 17.9 Å². The van der Waals surface area contributed by atoms with Crippen molar-refractivity contribution in [2.75, 3.05) is 31.3 Å². The molecule has 0 aromatic carbocycles. The van der Waals surface area contributed by atoms with Crippen LogP contribution in [0, 0.1) is 5.92 Å². The molecule has 1 heterocycles. The number of sulfone groups is 1. The largest absolute Gasteiger partial charge is 0.380 e. The number of hydrogen-bond acceptors (Lipinski definition) is 5. The Labute approximate surface area is 121 Å². The van der Waals surface area contributed by atoms with Gasteiger partial charge in [-0.2, -0.15) is 0 Å². The summed E-state index contributed by atoms with van der Waals surface area (Å²) in [6.07, 6.45) is 0.189. The Morgan fingerprint density at radius 3 is 2.70 bits per heavy atom. The van der Waals surface area contributed by atoms with Crippen LogP contribution in [0.25, 0.3) is 0 Å². The van der Waals surface area contributed by atoms with Crippen molar-refractivity contribution in [3.63, 3.8) is 0 Å². The summed E-state index contributed by atoms with van der Waals surface area (Å²) >= 11 is 0. The topological polar surface area (TPSA) is 84.5 Å². The van der Waals surface area contributed by atoms with Crippen molar-refractivity contribution in [2.24, 2.45) is 5.92 Å². The van der Waals surface area contributed by atoms with E-state index in [0.29, 0.717) is 19.8 Å². The molecule has 7 heteroatoms. The average molecular weight is 306 g/mol. The summed E-state index contributed by atoms with van der Waals surface area (Å²) in [4.78, 5) is 12.0. The zero-order valence-corrected chi connectivity index (χ0v) is 13.3. The second-order valence-corrected chi connectivity index (χ2v) is 7.78. The van der Waals surface area contributed by atoms with Gasteiger partial charge in [0.1, 0.15) is 0 Å². The van der Waals surface area contributed by atoms with Gasteiger partial charge in [0.25, 0.3) is 0 Å². The normalized spacial score (nSPS) is 23.5. The Bertz CT molecular complexity index is 409. The third-order valence-corrected chi connectivity index (χ3v) is 5.12. The summed E-state index contributed by atoms with van der Waals surface area (Å²) in [6, 6.07) is -0.323. The number of ether oxygens (including phenoxy) is 1. The van der Waals surface area contributed by atoms with Gasteiger partial charge in [0.05, 0.1) is 24.2 Å². The zero-order valence-electron chi connectivity index (χ0n) is 12.5. The third-order valence-electron chi connectivity index (χ3n) is 3.39. The van der Waals surface area contributed by atoms with Gasteiger partial charge in [-0.15, -0.1) is 0 Å². The minimum Gasteiger partial charge on any atom is -0.380 e. The van der Waals surface area contributed by atoms with E-state index in [0.717, 1.165) is 0 Å². The molecule has 0 aromatic heterocycles. The highest BCUT2D eigenvalue weighted by molar-refractivity contribution is 7.91. The summed E-state index contributed by atoms with van der Waals surface area (Å²) in [5.41, 5.74) is 0. The van der Waals surface area contributed by atoms with Gasteiger partial charge in [-0.25, -0.2) is 8.42 Å². The highest BCUT2D eigenvalue weighted by Gasteiger charge is 2.27. The van der Waals surface area contributed by atoms with Crippen LogP contribution in [-0.4, -0.2) is 57.7 Å². The fourth-order valence-corrected chi connectivity index (χ4v) is 3.58. The molecular weight excluding hydrogens is 280 g/mol. The molecule has 118 valence electrons. The van der Waals surface area contributed by atoms with Gasteiger partial charge < -0.3 is 15.4 Å². The second-order valence-electron chi connectivity index (χ2n) is 5.55. The van der Waals surface area contributed by atoms with Crippen molar-refractivity contribution >= 4 is 15.7 Å². The van der Waals surface area contributed by atoms with E-state index < -0.39 is 9.84 Å². The number of nitrogens with one attached hydrogen (secondary N) is 2. The molecule has 2 unspecified atom stereocenters. The van der Waals surface area contributed by atoms with Gasteiger partial charge in [-0.05, 0) is 12.8 Å². The molecule has 1 aliphatic rings. The lowest BCUT2D eigenvalue weighted by Gasteiger charge is -2.26. The minimum absolute atomic E-state index is 0.0392. The summed E-state index contributed by atoms with van der Waals surface area (Å²) in [5.74, 6) is 0.342. The summed E-state index contributed by atoms with van der Waals surface area (Å²) < 4.78 is 28.4. The van der Waals surface area contributed by atoms with Crippen LogP contribution in [0.3, 0.4) is 0 Å². The summed E-state index contributed by atoms with van der Waals surface area (Å²) in [7, 11) is -3.00. The molecule has 1 amide bonds. The number of hydrogen-bond donors (Lipinski definition) is 2. The molecule has 0 aliphatic carbocycles. The lowest BCUT2D eigenvalue weighted by molar-refractivity contribution is -0.123. The summed E-state index contributed by atoms with van der Waals surface area (Å²) in [6.45, 7) is 7.47. The molecule has 0 aromatic rings. The van der Waals surface area contributed by atoms with Crippen LogP contribution in [-0.2, 0) is 19.4 Å². The first-order chi connectivity index (χ1) is 9.34. The van der Waals surface area contributed by atoms with Crippen molar-refractivity contribution in [1.82, 2.24) is 10.6 Å². The van der Waals surface area contributed by atoms with Gasteiger partial charge in [0.2, 0.25) is 5.91 Å². The van der Waals surface area contributed by atoms with Gasteiger partial charge in [0.15, 0.2) is 9.84 Å². The first kappa shape index (κ1) is 17.4. The maximum absolute atomic E-state index is 12.0. The van der Waals surface area contributed by atoms with Gasteiger partial charge in [-0.1, -0.05) is 13.8 Å². The monoisotopic (exact) mass is 306 g/mol. The number of carbonyl (C=O) groups is 1. The number of amides is 1. The lowest BCUT2D eigenvalue weighted by Crippen LogP contribution is -2.49. The van der Waals surface area contributed by atoms with E-state index in [1.165, 1.54) is 0 Å². The van der Waals surface area contributed by atoms with E-state index in [1.54, 1.807) is 0 Å². The van der Waals surface area contributed by atoms with Crippen LogP contribution < -0.4 is 10.6 Å². The quantitative estimate of drug-likeness (QED) is 0.688. The highest BCUT2D eigenvalue weighted by Crippen LogP contribution is 2.07. The van der Waals surface area contributed by atoms with E-state index >= 15 is 0 Å². The predicted molar refractivity (Wildman–Crippen MR) is 78.3 cm³/mol. The van der Waals surface area contributed by atoms with Gasteiger partial charge in [0, 0.05) is 25.6 Å². The maximum atomic E-state index is 12.0. The average Bonchev–Trinajstić information content (AvgIpc) is 2.32. The number of rotatable bonds is 7. The molecule has 0 radical (unpaired) electrons. The fourth-order valence-electron chi connectivity index (χ4n) is 2.13. The van der Waals surface area contributed by atoms with Crippen molar-refractivity contribution in [3.8, 4) is 0 Å². The van der Waals surface area contributed by atoms with Crippen LogP contribution in [0.2, 0.25) is 0 Å². The van der Waals surface area contributed by atoms with Crippen LogP contribution in [0.5, 0.6) is 0 Å². The van der Waals surface area contributed by atoms with Gasteiger partial charge in [-0.3, -0.25) is 4.79 Å². The second kappa shape index (κ2) is 7.95. The Morgan fingerprint density at radius 1 is 1.45 bits per heavy atom. The van der Waals surface area contributed by atoms with Crippen LogP contribution in [0.15, 0.2) is 0 Å². The molecule has 1 fully saturated rings. The first-order valence-electron chi connectivity index (χ1n) is 7.15. The Kier molecular flexibility index (Phi) is 6.91. The Balaban J connectivity index is 2.44. The Hall–Kier alpha value is -0.660. The smallest absolute Gasteiger partial charge is 0.221 e. The first-order valence-corrected chi connectivity index (χ1v) is 8.97. The molecular formula is C13H26N2O4S. The van der Waals surface area contributed by atoms with Crippen molar-refractivity contribution in [1.29, 1.82) is 0 Å². The molecule has 2 N–H and O–H groups in total. The van der Waals surface area contributed by atoms with E-state index in [2.05, 4.69) is 10.6 Å². The summed E-state index contributed by atoms with van der Waals surface area (Å²) in [5, 5.41) is 6.01. The van der Waals surface area contributed by atoms with E-state index in [-0.39, 0.29) is 41.8 Å². The molecule has 0 bridgehead atoms. The third kappa shape index (κ3) is 6.19. The molecule has 1 rings (SSSR count). The highest BCUT2D eigenvalue weighted by atomic mass is 32.2. The molecule has 0 spiro atoms. The molecule has 1 aliphatic heterocycles. The number of carbonyl (C=O) groups excluding carboxylic acids is 1. The molecule has 1 saturated heterocycles. The zero-order chi connectivity index (χ0) is 15.2. The van der Waals surface area contributed by atoms with E-state index in [4.69, 9.17) is 4.74 Å². The SMILES string of the molecule is CCOCC(NC(=O)CC1CS(=O)(=O)CCN1)C(C)C. The predicted octanol–water partition coefficient (Wildman–Crippen LogP) is -0.0596. The fraction of sp³-hybridized carbons (Fsp3) is 0.923. The molecule has 2 atom stereocenters. The lowest BCUT2D eigenvalue weighted by atomic mass is 10.0. The standard InChI is InChI=1S/C13H26N2O4S/c1-4-19-8-12(10(2)3)15-13(16)7-11-9-20(17,18)6-5-14-11/h10-12,14H,4-9H2,1-3H3,(H,15,16). The minimum atomic E-state index is -3.00. The van der Waals surface area contributed by atoms with E-state index in [9.17, 15) is 13.2 Å². The van der Waals surface area contributed by atoms with Gasteiger partial charge >= 0.3 is 0 Å². The molecule has 0 saturated carbocycles. The van der Waals surface area contributed by atoms with Crippen molar-refractivity contribution in [3.05, 3.63) is 0 Å². The van der Waals surface area contributed by atoms with Crippen LogP contribution in [0.4, 0.5) is 0 Å². The van der Waals surface area contributed by atoms with E-state index in [1.807, 2.05) is 20.8 Å². The Morgan fingerprint density at radius 2 is 2.15 bits per heavy atom. The maximum Gasteiger partial charge on any atom is 0.221 e. The molecule has 6 nitrogen and oxygen atoms in total. The molecule has 20 heavy (non-hydrogen) atoms.